The average Bonchev–Trinajstić information content (AvgIpc) is 3.28. The number of rotatable bonds is 5. The quantitative estimate of drug-likeness (QED) is 0.733. The fraction of sp³-hybridized carbons (Fsp3) is 0.250. The van der Waals surface area contributed by atoms with E-state index in [9.17, 15) is 9.18 Å². The number of carbonyl (C=O) groups is 1. The van der Waals surface area contributed by atoms with Crippen molar-refractivity contribution >= 4 is 11.6 Å². The van der Waals surface area contributed by atoms with Crippen molar-refractivity contribution in [2.24, 2.45) is 0 Å². The summed E-state index contributed by atoms with van der Waals surface area (Å²) in [5.74, 6) is -0.709. The van der Waals surface area contributed by atoms with Gasteiger partial charge in [0.25, 0.3) is 5.91 Å². The standard InChI is InChI=1S/C20H20FN5O2/c21-18-11-16(3-6-19(18)25-7-9-28-10-8-25)20(27)23-12-15-1-4-17(5-2-15)26-14-22-13-24-26/h1-6,11,13-14H,7-10,12H2,(H,23,27). The molecule has 1 fully saturated rings. The highest BCUT2D eigenvalue weighted by molar-refractivity contribution is 5.94. The molecule has 0 saturated carbocycles. The number of halogens is 1. The van der Waals surface area contributed by atoms with Gasteiger partial charge in [-0.2, -0.15) is 5.10 Å². The van der Waals surface area contributed by atoms with Crippen molar-refractivity contribution in [1.29, 1.82) is 0 Å². The van der Waals surface area contributed by atoms with Crippen molar-refractivity contribution in [2.45, 2.75) is 6.54 Å². The Balaban J connectivity index is 1.37. The van der Waals surface area contributed by atoms with Gasteiger partial charge in [-0.3, -0.25) is 4.79 Å². The first-order valence-electron chi connectivity index (χ1n) is 9.05. The van der Waals surface area contributed by atoms with Gasteiger partial charge in [0.1, 0.15) is 18.5 Å². The van der Waals surface area contributed by atoms with E-state index in [4.69, 9.17) is 4.74 Å². The molecule has 0 radical (unpaired) electrons. The topological polar surface area (TPSA) is 72.3 Å². The number of nitrogens with zero attached hydrogens (tertiary/aromatic N) is 4. The minimum Gasteiger partial charge on any atom is -0.378 e. The molecule has 0 atom stereocenters. The molecule has 2 heterocycles. The second-order valence-electron chi connectivity index (χ2n) is 6.45. The van der Waals surface area contributed by atoms with Crippen LogP contribution in [0.2, 0.25) is 0 Å². The Kier molecular flexibility index (Phi) is 5.29. The first-order chi connectivity index (χ1) is 13.7. The highest BCUT2D eigenvalue weighted by Gasteiger charge is 2.17. The van der Waals surface area contributed by atoms with E-state index < -0.39 is 5.82 Å². The van der Waals surface area contributed by atoms with Crippen LogP contribution < -0.4 is 10.2 Å². The molecule has 0 spiro atoms. The summed E-state index contributed by atoms with van der Waals surface area (Å²) in [4.78, 5) is 18.2. The molecule has 0 unspecified atom stereocenters. The van der Waals surface area contributed by atoms with Gasteiger partial charge in [-0.15, -0.1) is 0 Å². The number of hydrogen-bond donors (Lipinski definition) is 1. The Bertz CT molecular complexity index is 938. The number of amides is 1. The van der Waals surface area contributed by atoms with Crippen molar-refractivity contribution < 1.29 is 13.9 Å². The third kappa shape index (κ3) is 4.01. The summed E-state index contributed by atoms with van der Waals surface area (Å²) in [7, 11) is 0. The molecular weight excluding hydrogens is 361 g/mol. The van der Waals surface area contributed by atoms with Gasteiger partial charge in [0, 0.05) is 25.2 Å². The van der Waals surface area contributed by atoms with Gasteiger partial charge < -0.3 is 15.0 Å². The maximum Gasteiger partial charge on any atom is 0.251 e. The van der Waals surface area contributed by atoms with E-state index in [1.165, 1.54) is 12.4 Å². The maximum absolute atomic E-state index is 14.5. The molecule has 1 amide bonds. The van der Waals surface area contributed by atoms with Crippen LogP contribution >= 0.6 is 0 Å². The van der Waals surface area contributed by atoms with Gasteiger partial charge in [0.2, 0.25) is 0 Å². The molecule has 1 N–H and O–H groups in total. The Labute approximate surface area is 161 Å². The van der Waals surface area contributed by atoms with Crippen molar-refractivity contribution in [1.82, 2.24) is 20.1 Å². The van der Waals surface area contributed by atoms with Crippen LogP contribution in [-0.4, -0.2) is 47.0 Å². The van der Waals surface area contributed by atoms with Crippen LogP contribution in [0.4, 0.5) is 10.1 Å². The van der Waals surface area contributed by atoms with Crippen molar-refractivity contribution in [2.75, 3.05) is 31.2 Å². The largest absolute Gasteiger partial charge is 0.378 e. The van der Waals surface area contributed by atoms with E-state index in [2.05, 4.69) is 15.4 Å². The summed E-state index contributed by atoms with van der Waals surface area (Å²) < 4.78 is 21.4. The van der Waals surface area contributed by atoms with Gasteiger partial charge in [-0.05, 0) is 35.9 Å². The van der Waals surface area contributed by atoms with Crippen LogP contribution in [-0.2, 0) is 11.3 Å². The van der Waals surface area contributed by atoms with E-state index >= 15 is 0 Å². The zero-order valence-corrected chi connectivity index (χ0v) is 15.2. The summed E-state index contributed by atoms with van der Waals surface area (Å²) >= 11 is 0. The molecule has 0 bridgehead atoms. The lowest BCUT2D eigenvalue weighted by Crippen LogP contribution is -2.36. The number of ether oxygens (including phenoxy) is 1. The van der Waals surface area contributed by atoms with Crippen LogP contribution in [0.25, 0.3) is 5.69 Å². The summed E-state index contributed by atoms with van der Waals surface area (Å²) in [5, 5.41) is 6.89. The first-order valence-corrected chi connectivity index (χ1v) is 9.05. The Morgan fingerprint density at radius 1 is 1.14 bits per heavy atom. The molecule has 1 aliphatic rings. The minimum atomic E-state index is -0.397. The van der Waals surface area contributed by atoms with E-state index in [-0.39, 0.29) is 5.91 Å². The molecule has 1 aromatic heterocycles. The molecule has 4 rings (SSSR count). The molecule has 0 aliphatic carbocycles. The zero-order chi connectivity index (χ0) is 19.3. The van der Waals surface area contributed by atoms with Gasteiger partial charge in [-0.1, -0.05) is 12.1 Å². The predicted octanol–water partition coefficient (Wildman–Crippen LogP) is 2.17. The van der Waals surface area contributed by atoms with E-state index in [1.54, 1.807) is 23.1 Å². The fourth-order valence-electron chi connectivity index (χ4n) is 3.10. The SMILES string of the molecule is O=C(NCc1ccc(-n2cncn2)cc1)c1ccc(N2CCOCC2)c(F)c1. The molecule has 8 heteroatoms. The van der Waals surface area contributed by atoms with Crippen LogP contribution in [0.3, 0.4) is 0 Å². The third-order valence-corrected chi connectivity index (χ3v) is 4.63. The molecule has 144 valence electrons. The lowest BCUT2D eigenvalue weighted by molar-refractivity contribution is 0.0950. The second-order valence-corrected chi connectivity index (χ2v) is 6.45. The molecule has 2 aromatic carbocycles. The number of carbonyl (C=O) groups excluding carboxylic acids is 1. The maximum atomic E-state index is 14.5. The van der Waals surface area contributed by atoms with Crippen molar-refractivity contribution in [3.8, 4) is 5.69 Å². The van der Waals surface area contributed by atoms with E-state index in [0.29, 0.717) is 44.1 Å². The van der Waals surface area contributed by atoms with E-state index in [0.717, 1.165) is 11.3 Å². The number of hydrogen-bond acceptors (Lipinski definition) is 5. The molecule has 1 aliphatic heterocycles. The van der Waals surface area contributed by atoms with Gasteiger partial charge in [0.05, 0.1) is 24.6 Å². The Morgan fingerprint density at radius 3 is 2.61 bits per heavy atom. The highest BCUT2D eigenvalue weighted by Crippen LogP contribution is 2.21. The minimum absolute atomic E-state index is 0.300. The number of morpholine rings is 1. The average molecular weight is 381 g/mol. The summed E-state index contributed by atoms with van der Waals surface area (Å²) in [6.07, 6.45) is 3.09. The lowest BCUT2D eigenvalue weighted by atomic mass is 10.1. The molecule has 28 heavy (non-hydrogen) atoms. The summed E-state index contributed by atoms with van der Waals surface area (Å²) in [5.41, 5.74) is 2.62. The highest BCUT2D eigenvalue weighted by atomic mass is 19.1. The van der Waals surface area contributed by atoms with Crippen LogP contribution in [0, 0.1) is 5.82 Å². The predicted molar refractivity (Wildman–Crippen MR) is 102 cm³/mol. The van der Waals surface area contributed by atoms with Crippen LogP contribution in [0.5, 0.6) is 0 Å². The third-order valence-electron chi connectivity index (χ3n) is 4.63. The van der Waals surface area contributed by atoms with Gasteiger partial charge in [0.15, 0.2) is 0 Å². The zero-order valence-electron chi connectivity index (χ0n) is 15.2. The van der Waals surface area contributed by atoms with Gasteiger partial charge in [-0.25, -0.2) is 14.1 Å². The second kappa shape index (κ2) is 8.18. The Morgan fingerprint density at radius 2 is 1.93 bits per heavy atom. The molecular formula is C20H20FN5O2. The van der Waals surface area contributed by atoms with Crippen LogP contribution in [0.15, 0.2) is 55.1 Å². The summed E-state index contributed by atoms with van der Waals surface area (Å²) in [6, 6.07) is 12.2. The Hall–Kier alpha value is -3.26. The molecule has 3 aromatic rings. The number of benzene rings is 2. The normalized spacial score (nSPS) is 14.1. The molecule has 1 saturated heterocycles. The number of nitrogens with one attached hydrogen (secondary N) is 1. The number of aromatic nitrogens is 3. The summed E-state index contributed by atoms with van der Waals surface area (Å²) in [6.45, 7) is 2.80. The number of anilines is 1. The van der Waals surface area contributed by atoms with Crippen LogP contribution in [0.1, 0.15) is 15.9 Å². The van der Waals surface area contributed by atoms with Gasteiger partial charge >= 0.3 is 0 Å². The monoisotopic (exact) mass is 381 g/mol. The van der Waals surface area contributed by atoms with E-state index in [1.807, 2.05) is 29.2 Å². The lowest BCUT2D eigenvalue weighted by Gasteiger charge is -2.29. The van der Waals surface area contributed by atoms with Crippen molar-refractivity contribution in [3.63, 3.8) is 0 Å². The van der Waals surface area contributed by atoms with Crippen molar-refractivity contribution in [3.05, 3.63) is 72.1 Å². The molecule has 7 nitrogen and oxygen atoms in total. The first kappa shape index (κ1) is 18.1. The smallest absolute Gasteiger partial charge is 0.251 e. The fourth-order valence-corrected chi connectivity index (χ4v) is 3.10.